The number of hydrogen-bond donors (Lipinski definition) is 2. The van der Waals surface area contributed by atoms with E-state index in [1.807, 2.05) is 13.0 Å². The van der Waals surface area contributed by atoms with Crippen molar-refractivity contribution < 1.29 is 14.0 Å². The first-order valence-electron chi connectivity index (χ1n) is 5.63. The maximum atomic E-state index is 11.4. The van der Waals surface area contributed by atoms with Gasteiger partial charge in [0.05, 0.1) is 6.26 Å². The molecule has 18 heavy (non-hydrogen) atoms. The van der Waals surface area contributed by atoms with Gasteiger partial charge in [0.1, 0.15) is 0 Å². The van der Waals surface area contributed by atoms with Crippen LogP contribution in [0.2, 0.25) is 0 Å². The van der Waals surface area contributed by atoms with Crippen molar-refractivity contribution in [2.24, 2.45) is 0 Å². The van der Waals surface area contributed by atoms with E-state index in [-0.39, 0.29) is 17.6 Å². The molecule has 1 rings (SSSR count). The molecule has 2 amide bonds. The zero-order valence-corrected chi connectivity index (χ0v) is 10.2. The molecule has 96 valence electrons. The third-order valence-corrected chi connectivity index (χ3v) is 2.01. The smallest absolute Gasteiger partial charge is 0.287 e. The van der Waals surface area contributed by atoms with Gasteiger partial charge in [0.15, 0.2) is 5.76 Å². The van der Waals surface area contributed by atoms with Gasteiger partial charge in [-0.2, -0.15) is 0 Å². The molecule has 0 saturated carbocycles. The molecule has 0 aromatic carbocycles. The Morgan fingerprint density at radius 3 is 2.72 bits per heavy atom. The summed E-state index contributed by atoms with van der Waals surface area (Å²) in [6.07, 6.45) is 8.10. The highest BCUT2D eigenvalue weighted by molar-refractivity contribution is 5.91. The second kappa shape index (κ2) is 7.89. The number of carbonyl (C=O) groups excluding carboxylic acids is 2. The summed E-state index contributed by atoms with van der Waals surface area (Å²) in [6.45, 7) is 2.58. The molecule has 0 bridgehead atoms. The zero-order chi connectivity index (χ0) is 13.2. The van der Waals surface area contributed by atoms with Crippen molar-refractivity contribution in [1.29, 1.82) is 0 Å². The lowest BCUT2D eigenvalue weighted by Crippen LogP contribution is -2.33. The second-order valence-electron chi connectivity index (χ2n) is 3.41. The van der Waals surface area contributed by atoms with Crippen molar-refractivity contribution >= 4 is 11.8 Å². The van der Waals surface area contributed by atoms with Crippen LogP contribution in [0.5, 0.6) is 0 Å². The summed E-state index contributed by atoms with van der Waals surface area (Å²) in [5.41, 5.74) is 0. The maximum absolute atomic E-state index is 11.4. The van der Waals surface area contributed by atoms with Crippen molar-refractivity contribution in [3.05, 3.63) is 48.5 Å². The van der Waals surface area contributed by atoms with E-state index in [0.29, 0.717) is 13.1 Å². The number of nitrogens with one attached hydrogen (secondary N) is 2. The number of carbonyl (C=O) groups is 2. The predicted octanol–water partition coefficient (Wildman–Crippen LogP) is 1.26. The van der Waals surface area contributed by atoms with E-state index in [1.165, 1.54) is 12.3 Å². The van der Waals surface area contributed by atoms with Crippen molar-refractivity contribution in [2.45, 2.75) is 6.92 Å². The Balaban J connectivity index is 2.15. The maximum Gasteiger partial charge on any atom is 0.287 e. The predicted molar refractivity (Wildman–Crippen MR) is 68.0 cm³/mol. The molecule has 0 radical (unpaired) electrons. The van der Waals surface area contributed by atoms with Crippen LogP contribution >= 0.6 is 0 Å². The van der Waals surface area contributed by atoms with Crippen LogP contribution in [-0.4, -0.2) is 24.9 Å². The SMILES string of the molecule is C/C=C/C=C/C(=O)NCCNC(=O)c1ccco1. The summed E-state index contributed by atoms with van der Waals surface area (Å²) in [5.74, 6) is -0.228. The van der Waals surface area contributed by atoms with Gasteiger partial charge >= 0.3 is 0 Å². The first-order chi connectivity index (χ1) is 8.74. The summed E-state index contributed by atoms with van der Waals surface area (Å²) in [6, 6.07) is 3.22. The summed E-state index contributed by atoms with van der Waals surface area (Å²) < 4.78 is 4.92. The average Bonchev–Trinajstić information content (AvgIpc) is 2.88. The molecule has 0 aliphatic rings. The number of amides is 2. The molecule has 5 nitrogen and oxygen atoms in total. The van der Waals surface area contributed by atoms with Crippen LogP contribution in [-0.2, 0) is 4.79 Å². The molecule has 0 aliphatic heterocycles. The van der Waals surface area contributed by atoms with Crippen LogP contribution in [0.4, 0.5) is 0 Å². The molecule has 2 N–H and O–H groups in total. The molecule has 0 unspecified atom stereocenters. The quantitative estimate of drug-likeness (QED) is 0.452. The highest BCUT2D eigenvalue weighted by Gasteiger charge is 2.06. The minimum atomic E-state index is -0.293. The largest absolute Gasteiger partial charge is 0.459 e. The molecular weight excluding hydrogens is 232 g/mol. The van der Waals surface area contributed by atoms with E-state index in [0.717, 1.165) is 0 Å². The van der Waals surface area contributed by atoms with E-state index in [1.54, 1.807) is 24.3 Å². The third kappa shape index (κ3) is 5.16. The van der Waals surface area contributed by atoms with Crippen LogP contribution in [0.1, 0.15) is 17.5 Å². The van der Waals surface area contributed by atoms with Gasteiger partial charge in [-0.3, -0.25) is 9.59 Å². The normalized spacial score (nSPS) is 10.9. The Morgan fingerprint density at radius 2 is 2.06 bits per heavy atom. The monoisotopic (exact) mass is 248 g/mol. The van der Waals surface area contributed by atoms with Gasteiger partial charge in [-0.1, -0.05) is 18.2 Å². The molecule has 1 aromatic heterocycles. The highest BCUT2D eigenvalue weighted by atomic mass is 16.3. The van der Waals surface area contributed by atoms with E-state index < -0.39 is 0 Å². The number of furan rings is 1. The van der Waals surface area contributed by atoms with Crippen LogP contribution in [0.3, 0.4) is 0 Å². The molecule has 1 aromatic rings. The number of hydrogen-bond acceptors (Lipinski definition) is 3. The average molecular weight is 248 g/mol. The molecule has 5 heteroatoms. The molecule has 0 fully saturated rings. The first kappa shape index (κ1) is 13.8. The van der Waals surface area contributed by atoms with Crippen LogP contribution in [0.25, 0.3) is 0 Å². The zero-order valence-electron chi connectivity index (χ0n) is 10.2. The van der Waals surface area contributed by atoms with Crippen molar-refractivity contribution in [3.63, 3.8) is 0 Å². The van der Waals surface area contributed by atoms with Gasteiger partial charge in [0.2, 0.25) is 5.91 Å². The van der Waals surface area contributed by atoms with Gasteiger partial charge in [0.25, 0.3) is 5.91 Å². The fourth-order valence-corrected chi connectivity index (χ4v) is 1.17. The Bertz CT molecular complexity index is 433. The Hall–Kier alpha value is -2.30. The van der Waals surface area contributed by atoms with Crippen LogP contribution < -0.4 is 10.6 Å². The Morgan fingerprint density at radius 1 is 1.28 bits per heavy atom. The lowest BCUT2D eigenvalue weighted by atomic mass is 10.4. The van der Waals surface area contributed by atoms with Gasteiger partial charge in [-0.25, -0.2) is 0 Å². The topological polar surface area (TPSA) is 71.3 Å². The second-order valence-corrected chi connectivity index (χ2v) is 3.41. The van der Waals surface area contributed by atoms with Gasteiger partial charge in [0, 0.05) is 19.2 Å². The lowest BCUT2D eigenvalue weighted by molar-refractivity contribution is -0.116. The summed E-state index contributed by atoms with van der Waals surface area (Å²) in [4.78, 5) is 22.6. The summed E-state index contributed by atoms with van der Waals surface area (Å²) in [7, 11) is 0. The van der Waals surface area contributed by atoms with Crippen molar-refractivity contribution in [3.8, 4) is 0 Å². The van der Waals surface area contributed by atoms with Crippen molar-refractivity contribution in [1.82, 2.24) is 10.6 Å². The Labute approximate surface area is 106 Å². The number of allylic oxidation sites excluding steroid dienone is 3. The van der Waals surface area contributed by atoms with Gasteiger partial charge in [-0.05, 0) is 19.1 Å². The minimum Gasteiger partial charge on any atom is -0.459 e. The summed E-state index contributed by atoms with van der Waals surface area (Å²) >= 11 is 0. The summed E-state index contributed by atoms with van der Waals surface area (Å²) in [5, 5.41) is 5.26. The van der Waals surface area contributed by atoms with E-state index in [2.05, 4.69) is 10.6 Å². The molecule has 1 heterocycles. The van der Waals surface area contributed by atoms with Crippen LogP contribution in [0, 0.1) is 0 Å². The molecule has 0 aliphatic carbocycles. The minimum absolute atomic E-state index is 0.194. The van der Waals surface area contributed by atoms with E-state index >= 15 is 0 Å². The molecule has 0 spiro atoms. The first-order valence-corrected chi connectivity index (χ1v) is 5.63. The van der Waals surface area contributed by atoms with Gasteiger partial charge in [-0.15, -0.1) is 0 Å². The lowest BCUT2D eigenvalue weighted by Gasteiger charge is -2.03. The van der Waals surface area contributed by atoms with E-state index in [9.17, 15) is 9.59 Å². The fraction of sp³-hybridized carbons (Fsp3) is 0.231. The third-order valence-electron chi connectivity index (χ3n) is 2.01. The van der Waals surface area contributed by atoms with Crippen LogP contribution in [0.15, 0.2) is 47.1 Å². The number of rotatable bonds is 6. The fourth-order valence-electron chi connectivity index (χ4n) is 1.17. The van der Waals surface area contributed by atoms with Crippen molar-refractivity contribution in [2.75, 3.05) is 13.1 Å². The van der Waals surface area contributed by atoms with Gasteiger partial charge < -0.3 is 15.1 Å². The van der Waals surface area contributed by atoms with E-state index in [4.69, 9.17) is 4.42 Å². The Kier molecular flexibility index (Phi) is 6.03. The molecule has 0 saturated heterocycles. The molecular formula is C13H16N2O3. The molecule has 0 atom stereocenters. The highest BCUT2D eigenvalue weighted by Crippen LogP contribution is 1.98. The standard InChI is InChI=1S/C13H16N2O3/c1-2-3-4-7-12(16)14-8-9-15-13(17)11-6-5-10-18-11/h2-7,10H,8-9H2,1H3,(H,14,16)(H,15,17)/b3-2+,7-4+.